The van der Waals surface area contributed by atoms with Crippen molar-refractivity contribution in [3.63, 3.8) is 0 Å². The van der Waals surface area contributed by atoms with Crippen molar-refractivity contribution in [3.05, 3.63) is 93.5 Å². The number of rotatable bonds is 12. The van der Waals surface area contributed by atoms with E-state index in [4.69, 9.17) is 23.2 Å². The van der Waals surface area contributed by atoms with Crippen LogP contribution in [0.25, 0.3) is 0 Å². The number of anilines is 1. The Labute approximate surface area is 247 Å². The Hall–Kier alpha value is -3.07. The maximum atomic E-state index is 14.0. The van der Waals surface area contributed by atoms with E-state index in [1.165, 1.54) is 23.1 Å². The maximum absolute atomic E-state index is 14.0. The molecule has 0 spiro atoms. The normalized spacial score (nSPS) is 12.1. The minimum atomic E-state index is -4.18. The number of halogens is 2. The lowest BCUT2D eigenvalue weighted by atomic mass is 10.1. The minimum Gasteiger partial charge on any atom is -0.354 e. The number of nitrogens with zero attached hydrogens (tertiary/aromatic N) is 2. The van der Waals surface area contributed by atoms with Crippen molar-refractivity contribution in [2.24, 2.45) is 0 Å². The zero-order valence-corrected chi connectivity index (χ0v) is 25.5. The van der Waals surface area contributed by atoms with Gasteiger partial charge in [0.05, 0.1) is 10.6 Å². The largest absolute Gasteiger partial charge is 0.354 e. The second-order valence-corrected chi connectivity index (χ2v) is 12.4. The van der Waals surface area contributed by atoms with E-state index in [0.29, 0.717) is 27.7 Å². The van der Waals surface area contributed by atoms with Crippen LogP contribution in [0.2, 0.25) is 10.0 Å². The maximum Gasteiger partial charge on any atom is 0.264 e. The van der Waals surface area contributed by atoms with Gasteiger partial charge < -0.3 is 10.2 Å². The fourth-order valence-electron chi connectivity index (χ4n) is 4.13. The molecule has 1 unspecified atom stereocenters. The third-order valence-electron chi connectivity index (χ3n) is 6.62. The van der Waals surface area contributed by atoms with E-state index in [1.54, 1.807) is 62.4 Å². The number of unbranched alkanes of at least 4 members (excludes halogenated alkanes) is 1. The standard InChI is InChI=1S/C30H35Cl2N3O4S/c1-5-6-17-33-30(37)23(4)34(19-24-9-7-8-10-27(24)32)29(36)20-35(28-18-25(31)14-13-22(28)3)40(38,39)26-15-11-21(2)12-16-26/h7-16,18,23H,5-6,17,19-20H2,1-4H3,(H,33,37). The van der Waals surface area contributed by atoms with Crippen molar-refractivity contribution in [2.75, 3.05) is 17.4 Å². The van der Waals surface area contributed by atoms with Gasteiger partial charge >= 0.3 is 0 Å². The Balaban J connectivity index is 2.05. The summed E-state index contributed by atoms with van der Waals surface area (Å²) in [4.78, 5) is 28.5. The number of hydrogen-bond acceptors (Lipinski definition) is 4. The first-order chi connectivity index (χ1) is 18.9. The molecule has 3 aromatic rings. The van der Waals surface area contributed by atoms with Gasteiger partial charge in [0.25, 0.3) is 10.0 Å². The molecular formula is C30H35Cl2N3O4S. The monoisotopic (exact) mass is 603 g/mol. The zero-order chi connectivity index (χ0) is 29.4. The van der Waals surface area contributed by atoms with Gasteiger partial charge in [0.15, 0.2) is 0 Å². The van der Waals surface area contributed by atoms with E-state index in [0.717, 1.165) is 22.7 Å². The molecule has 0 heterocycles. The van der Waals surface area contributed by atoms with Crippen LogP contribution in [0.5, 0.6) is 0 Å². The SMILES string of the molecule is CCCCNC(=O)C(C)N(Cc1ccccc1Cl)C(=O)CN(c1cc(Cl)ccc1C)S(=O)(=O)c1ccc(C)cc1. The molecule has 0 aliphatic heterocycles. The lowest BCUT2D eigenvalue weighted by Gasteiger charge is -2.32. The summed E-state index contributed by atoms with van der Waals surface area (Å²) in [7, 11) is -4.18. The van der Waals surface area contributed by atoms with Gasteiger partial charge in [0.1, 0.15) is 12.6 Å². The molecule has 0 bridgehead atoms. The topological polar surface area (TPSA) is 86.8 Å². The summed E-state index contributed by atoms with van der Waals surface area (Å²) < 4.78 is 29.0. The average molecular weight is 605 g/mol. The van der Waals surface area contributed by atoms with Crippen LogP contribution in [0.15, 0.2) is 71.6 Å². The molecule has 3 rings (SSSR count). The number of hydrogen-bond donors (Lipinski definition) is 1. The van der Waals surface area contributed by atoms with Crippen LogP contribution in [-0.2, 0) is 26.2 Å². The molecule has 0 saturated heterocycles. The van der Waals surface area contributed by atoms with Crippen molar-refractivity contribution >= 4 is 50.7 Å². The van der Waals surface area contributed by atoms with Crippen LogP contribution in [0, 0.1) is 13.8 Å². The Morgan fingerprint density at radius 1 is 0.975 bits per heavy atom. The third-order valence-corrected chi connectivity index (χ3v) is 9.00. The second-order valence-electron chi connectivity index (χ2n) is 9.69. The number of amides is 2. The summed E-state index contributed by atoms with van der Waals surface area (Å²) in [6.07, 6.45) is 1.70. The van der Waals surface area contributed by atoms with Crippen molar-refractivity contribution in [1.29, 1.82) is 0 Å². The van der Waals surface area contributed by atoms with Crippen LogP contribution in [-0.4, -0.2) is 44.3 Å². The Morgan fingerprint density at radius 3 is 2.30 bits per heavy atom. The van der Waals surface area contributed by atoms with Gasteiger partial charge in [-0.2, -0.15) is 0 Å². The molecular weight excluding hydrogens is 569 g/mol. The van der Waals surface area contributed by atoms with Gasteiger partial charge in [-0.05, 0) is 68.7 Å². The molecule has 0 radical (unpaired) electrons. The fraction of sp³-hybridized carbons (Fsp3) is 0.333. The van der Waals surface area contributed by atoms with Gasteiger partial charge in [-0.25, -0.2) is 8.42 Å². The summed E-state index contributed by atoms with van der Waals surface area (Å²) in [6.45, 7) is 7.20. The summed E-state index contributed by atoms with van der Waals surface area (Å²) >= 11 is 12.7. The molecule has 0 fully saturated rings. The number of benzene rings is 3. The molecule has 3 aromatic carbocycles. The van der Waals surface area contributed by atoms with Gasteiger partial charge in [-0.15, -0.1) is 0 Å². The molecule has 0 aliphatic rings. The van der Waals surface area contributed by atoms with Gasteiger partial charge in [-0.1, -0.05) is 78.5 Å². The highest BCUT2D eigenvalue weighted by Gasteiger charge is 2.33. The first kappa shape index (κ1) is 31.5. The number of carbonyl (C=O) groups excluding carboxylic acids is 2. The van der Waals surface area contributed by atoms with Crippen LogP contribution in [0.4, 0.5) is 5.69 Å². The molecule has 40 heavy (non-hydrogen) atoms. The molecule has 2 amide bonds. The highest BCUT2D eigenvalue weighted by Crippen LogP contribution is 2.30. The molecule has 0 saturated carbocycles. The van der Waals surface area contributed by atoms with Gasteiger partial charge in [0.2, 0.25) is 11.8 Å². The minimum absolute atomic E-state index is 0.0216. The molecule has 7 nitrogen and oxygen atoms in total. The number of nitrogens with one attached hydrogen (secondary N) is 1. The third kappa shape index (κ3) is 7.77. The zero-order valence-electron chi connectivity index (χ0n) is 23.2. The predicted molar refractivity (Wildman–Crippen MR) is 161 cm³/mol. The fourth-order valence-corrected chi connectivity index (χ4v) is 5.96. The van der Waals surface area contributed by atoms with E-state index < -0.39 is 28.5 Å². The van der Waals surface area contributed by atoms with E-state index in [2.05, 4.69) is 5.32 Å². The lowest BCUT2D eigenvalue weighted by molar-refractivity contribution is -0.139. The Kier molecular flexibility index (Phi) is 11.0. The highest BCUT2D eigenvalue weighted by atomic mass is 35.5. The van der Waals surface area contributed by atoms with Crippen LogP contribution in [0.1, 0.15) is 43.4 Å². The van der Waals surface area contributed by atoms with E-state index in [9.17, 15) is 18.0 Å². The first-order valence-electron chi connectivity index (χ1n) is 13.1. The number of carbonyl (C=O) groups is 2. The summed E-state index contributed by atoms with van der Waals surface area (Å²) in [5, 5.41) is 3.63. The first-order valence-corrected chi connectivity index (χ1v) is 15.3. The Bertz CT molecular complexity index is 1450. The quantitative estimate of drug-likeness (QED) is 0.252. The number of sulfonamides is 1. The van der Waals surface area contributed by atoms with Crippen molar-refractivity contribution in [3.8, 4) is 0 Å². The number of aryl methyl sites for hydroxylation is 2. The summed E-state index contributed by atoms with van der Waals surface area (Å²) in [5.41, 5.74) is 2.43. The van der Waals surface area contributed by atoms with E-state index in [-0.39, 0.29) is 23.0 Å². The molecule has 214 valence electrons. The Morgan fingerprint density at radius 2 is 1.65 bits per heavy atom. The van der Waals surface area contributed by atoms with Crippen molar-refractivity contribution < 1.29 is 18.0 Å². The van der Waals surface area contributed by atoms with Crippen LogP contribution < -0.4 is 9.62 Å². The molecule has 10 heteroatoms. The molecule has 0 aromatic heterocycles. The van der Waals surface area contributed by atoms with Crippen molar-refractivity contribution in [2.45, 2.75) is 58.0 Å². The lowest BCUT2D eigenvalue weighted by Crippen LogP contribution is -2.51. The highest BCUT2D eigenvalue weighted by molar-refractivity contribution is 7.92. The van der Waals surface area contributed by atoms with Crippen molar-refractivity contribution in [1.82, 2.24) is 10.2 Å². The summed E-state index contributed by atoms with van der Waals surface area (Å²) in [5.74, 6) is -0.895. The van der Waals surface area contributed by atoms with E-state index >= 15 is 0 Å². The second kappa shape index (κ2) is 14.0. The van der Waals surface area contributed by atoms with E-state index in [1.807, 2.05) is 13.8 Å². The smallest absolute Gasteiger partial charge is 0.264 e. The van der Waals surface area contributed by atoms with Crippen LogP contribution >= 0.6 is 23.2 Å². The summed E-state index contributed by atoms with van der Waals surface area (Å²) in [6, 6.07) is 17.4. The molecule has 1 N–H and O–H groups in total. The van der Waals surface area contributed by atoms with Crippen LogP contribution in [0.3, 0.4) is 0 Å². The van der Waals surface area contributed by atoms with Gasteiger partial charge in [0, 0.05) is 23.1 Å². The average Bonchev–Trinajstić information content (AvgIpc) is 2.92. The molecule has 0 aliphatic carbocycles. The molecule has 1 atom stereocenters. The van der Waals surface area contributed by atoms with Gasteiger partial charge in [-0.3, -0.25) is 13.9 Å². The predicted octanol–water partition coefficient (Wildman–Crippen LogP) is 6.14.